The Bertz CT molecular complexity index is 606. The van der Waals surface area contributed by atoms with Crippen LogP contribution in [0.5, 0.6) is 5.75 Å². The van der Waals surface area contributed by atoms with Gasteiger partial charge in [-0.1, -0.05) is 18.5 Å². The van der Waals surface area contributed by atoms with Crippen LogP contribution in [-0.4, -0.2) is 53.9 Å². The minimum atomic E-state index is -0.599. The third-order valence-corrected chi connectivity index (χ3v) is 4.42. The van der Waals surface area contributed by atoms with Gasteiger partial charge in [0.25, 0.3) is 5.91 Å². The molecule has 0 aromatic heterocycles. The van der Waals surface area contributed by atoms with E-state index in [1.54, 1.807) is 30.0 Å². The van der Waals surface area contributed by atoms with Crippen LogP contribution in [0.2, 0.25) is 5.02 Å². The fourth-order valence-electron chi connectivity index (χ4n) is 2.84. The van der Waals surface area contributed by atoms with E-state index in [1.807, 2.05) is 18.7 Å². The van der Waals surface area contributed by atoms with Crippen molar-refractivity contribution in [1.82, 2.24) is 9.80 Å². The lowest BCUT2D eigenvalue weighted by Gasteiger charge is -2.25. The van der Waals surface area contributed by atoms with Gasteiger partial charge >= 0.3 is 0 Å². The van der Waals surface area contributed by atoms with Gasteiger partial charge in [0.15, 0.2) is 6.10 Å². The van der Waals surface area contributed by atoms with Crippen LogP contribution in [0.4, 0.5) is 0 Å². The number of benzene rings is 1. The molecule has 24 heavy (non-hydrogen) atoms. The van der Waals surface area contributed by atoms with Crippen LogP contribution in [0.25, 0.3) is 0 Å². The second-order valence-electron chi connectivity index (χ2n) is 6.13. The summed E-state index contributed by atoms with van der Waals surface area (Å²) in [4.78, 5) is 28.3. The number of aryl methyl sites for hydroxylation is 1. The molecule has 0 N–H and O–H groups in total. The summed E-state index contributed by atoms with van der Waals surface area (Å²) < 4.78 is 5.81. The SMILES string of the molecule is CCCN1CCN(C(=O)[C@H](C)Oc2ccc(Cl)cc2C)CCC1=O. The average molecular weight is 353 g/mol. The van der Waals surface area contributed by atoms with Gasteiger partial charge in [-0.25, -0.2) is 0 Å². The quantitative estimate of drug-likeness (QED) is 0.818. The zero-order chi connectivity index (χ0) is 17.7. The molecule has 1 aromatic carbocycles. The summed E-state index contributed by atoms with van der Waals surface area (Å²) in [6, 6.07) is 5.33. The number of rotatable bonds is 5. The third-order valence-electron chi connectivity index (χ3n) is 4.18. The standard InChI is InChI=1S/C18H25ClN2O3/c1-4-8-20-10-11-21(9-7-17(20)22)18(23)14(3)24-16-6-5-15(19)12-13(16)2/h5-6,12,14H,4,7-11H2,1-3H3/t14-/m0/s1. The molecule has 6 heteroatoms. The Morgan fingerprint density at radius 3 is 2.75 bits per heavy atom. The fourth-order valence-corrected chi connectivity index (χ4v) is 3.06. The van der Waals surface area contributed by atoms with Crippen molar-refractivity contribution in [2.75, 3.05) is 26.2 Å². The van der Waals surface area contributed by atoms with E-state index in [-0.39, 0.29) is 11.8 Å². The Hall–Kier alpha value is -1.75. The summed E-state index contributed by atoms with van der Waals surface area (Å²) in [5.41, 5.74) is 0.891. The lowest BCUT2D eigenvalue weighted by atomic mass is 10.2. The predicted octanol–water partition coefficient (Wildman–Crippen LogP) is 2.89. The first-order valence-electron chi connectivity index (χ1n) is 8.41. The number of hydrogen-bond acceptors (Lipinski definition) is 3. The molecule has 1 aliphatic rings. The minimum absolute atomic E-state index is 0.0875. The molecule has 0 bridgehead atoms. The molecule has 0 radical (unpaired) electrons. The highest BCUT2D eigenvalue weighted by Gasteiger charge is 2.27. The molecule has 132 valence electrons. The number of halogens is 1. The second kappa shape index (κ2) is 8.38. The van der Waals surface area contributed by atoms with Gasteiger partial charge in [0.05, 0.1) is 0 Å². The predicted molar refractivity (Wildman–Crippen MR) is 94.3 cm³/mol. The smallest absolute Gasteiger partial charge is 0.263 e. The normalized spacial score (nSPS) is 16.8. The van der Waals surface area contributed by atoms with E-state index in [4.69, 9.17) is 16.3 Å². The number of ether oxygens (including phenoxy) is 1. The van der Waals surface area contributed by atoms with Crippen LogP contribution in [0, 0.1) is 6.92 Å². The van der Waals surface area contributed by atoms with E-state index in [9.17, 15) is 9.59 Å². The Balaban J connectivity index is 1.98. The maximum Gasteiger partial charge on any atom is 0.263 e. The van der Waals surface area contributed by atoms with E-state index in [2.05, 4.69) is 0 Å². The van der Waals surface area contributed by atoms with Gasteiger partial charge in [-0.3, -0.25) is 9.59 Å². The van der Waals surface area contributed by atoms with Crippen LogP contribution in [-0.2, 0) is 9.59 Å². The number of amides is 2. The van der Waals surface area contributed by atoms with Crippen LogP contribution in [0.1, 0.15) is 32.3 Å². The summed E-state index contributed by atoms with van der Waals surface area (Å²) in [6.45, 7) is 8.02. The molecule has 1 aromatic rings. The lowest BCUT2D eigenvalue weighted by Crippen LogP contribution is -2.42. The Labute approximate surface area is 148 Å². The highest BCUT2D eigenvalue weighted by molar-refractivity contribution is 6.30. The maximum atomic E-state index is 12.6. The van der Waals surface area contributed by atoms with Crippen molar-refractivity contribution >= 4 is 23.4 Å². The van der Waals surface area contributed by atoms with E-state index in [0.29, 0.717) is 36.8 Å². The molecular formula is C18H25ClN2O3. The van der Waals surface area contributed by atoms with Crippen molar-refractivity contribution < 1.29 is 14.3 Å². The van der Waals surface area contributed by atoms with Gasteiger partial charge in [-0.2, -0.15) is 0 Å². The highest BCUT2D eigenvalue weighted by atomic mass is 35.5. The van der Waals surface area contributed by atoms with Crippen molar-refractivity contribution in [1.29, 1.82) is 0 Å². The zero-order valence-corrected chi connectivity index (χ0v) is 15.3. The molecule has 2 rings (SSSR count). The molecule has 1 aliphatic heterocycles. The molecule has 1 saturated heterocycles. The molecule has 2 amide bonds. The number of nitrogens with zero attached hydrogens (tertiary/aromatic N) is 2. The van der Waals surface area contributed by atoms with Gasteiger partial charge < -0.3 is 14.5 Å². The molecular weight excluding hydrogens is 328 g/mol. The van der Waals surface area contributed by atoms with Gasteiger partial charge in [0.1, 0.15) is 5.75 Å². The van der Waals surface area contributed by atoms with Crippen LogP contribution in [0.3, 0.4) is 0 Å². The monoisotopic (exact) mass is 352 g/mol. The van der Waals surface area contributed by atoms with Crippen molar-refractivity contribution in [3.8, 4) is 5.75 Å². The number of hydrogen-bond donors (Lipinski definition) is 0. The van der Waals surface area contributed by atoms with E-state index in [1.165, 1.54) is 0 Å². The van der Waals surface area contributed by atoms with Crippen molar-refractivity contribution in [2.45, 2.75) is 39.7 Å². The lowest BCUT2D eigenvalue weighted by molar-refractivity contribution is -0.137. The molecule has 1 heterocycles. The molecule has 0 saturated carbocycles. The molecule has 5 nitrogen and oxygen atoms in total. The van der Waals surface area contributed by atoms with Crippen LogP contribution < -0.4 is 4.74 Å². The first-order valence-corrected chi connectivity index (χ1v) is 8.79. The summed E-state index contributed by atoms with van der Waals surface area (Å²) in [6.07, 6.45) is 0.700. The summed E-state index contributed by atoms with van der Waals surface area (Å²) in [5.74, 6) is 0.684. The van der Waals surface area contributed by atoms with Gasteiger partial charge in [0.2, 0.25) is 5.91 Å². The molecule has 1 fully saturated rings. The molecule has 0 aliphatic carbocycles. The largest absolute Gasteiger partial charge is 0.481 e. The fraction of sp³-hybridized carbons (Fsp3) is 0.556. The first kappa shape index (κ1) is 18.6. The zero-order valence-electron chi connectivity index (χ0n) is 14.5. The second-order valence-corrected chi connectivity index (χ2v) is 6.56. The van der Waals surface area contributed by atoms with E-state index in [0.717, 1.165) is 18.5 Å². The van der Waals surface area contributed by atoms with Crippen LogP contribution >= 0.6 is 11.6 Å². The maximum absolute atomic E-state index is 12.6. The topological polar surface area (TPSA) is 49.9 Å². The Kier molecular flexibility index (Phi) is 6.49. The summed E-state index contributed by atoms with van der Waals surface area (Å²) in [5, 5.41) is 0.640. The molecule has 1 atom stereocenters. The van der Waals surface area contributed by atoms with Crippen molar-refractivity contribution in [3.63, 3.8) is 0 Å². The Morgan fingerprint density at radius 1 is 1.33 bits per heavy atom. The Morgan fingerprint density at radius 2 is 2.08 bits per heavy atom. The van der Waals surface area contributed by atoms with Gasteiger partial charge in [-0.05, 0) is 44.0 Å². The average Bonchev–Trinajstić information content (AvgIpc) is 2.72. The van der Waals surface area contributed by atoms with Gasteiger partial charge in [-0.15, -0.1) is 0 Å². The minimum Gasteiger partial charge on any atom is -0.481 e. The molecule has 0 spiro atoms. The van der Waals surface area contributed by atoms with E-state index < -0.39 is 6.10 Å². The summed E-state index contributed by atoms with van der Waals surface area (Å²) >= 11 is 5.94. The highest BCUT2D eigenvalue weighted by Crippen LogP contribution is 2.23. The molecule has 0 unspecified atom stereocenters. The summed E-state index contributed by atoms with van der Waals surface area (Å²) in [7, 11) is 0. The third kappa shape index (κ3) is 4.63. The number of carbonyl (C=O) groups is 2. The van der Waals surface area contributed by atoms with E-state index >= 15 is 0 Å². The van der Waals surface area contributed by atoms with Crippen molar-refractivity contribution in [3.05, 3.63) is 28.8 Å². The first-order chi connectivity index (χ1) is 11.4. The van der Waals surface area contributed by atoms with Crippen LogP contribution in [0.15, 0.2) is 18.2 Å². The van der Waals surface area contributed by atoms with Crippen molar-refractivity contribution in [2.24, 2.45) is 0 Å². The number of carbonyl (C=O) groups excluding carboxylic acids is 2. The van der Waals surface area contributed by atoms with Gasteiger partial charge in [0, 0.05) is 37.6 Å².